The maximum Gasteiger partial charge on any atom is 0.208 e. The molecule has 0 amide bonds. The van der Waals surface area contributed by atoms with Gasteiger partial charge < -0.3 is 4.74 Å². The van der Waals surface area contributed by atoms with Gasteiger partial charge in [-0.05, 0) is 23.3 Å². The molecule has 0 heterocycles. The van der Waals surface area contributed by atoms with Crippen molar-refractivity contribution < 1.29 is 17.5 Å². The Balaban J connectivity index is 0.00000139. The smallest absolute Gasteiger partial charge is 0.208 e. The Bertz CT molecular complexity index is 688. The summed E-state index contributed by atoms with van der Waals surface area (Å²) < 4.78 is 43.5. The lowest BCUT2D eigenvalue weighted by Gasteiger charge is -2.11. The summed E-state index contributed by atoms with van der Waals surface area (Å²) in [5.74, 6) is 0.635. The van der Waals surface area contributed by atoms with Crippen molar-refractivity contribution in [2.45, 2.75) is 26.6 Å². The van der Waals surface area contributed by atoms with Crippen LogP contribution in [0.4, 0.5) is 4.39 Å². The Morgan fingerprint density at radius 3 is 2.17 bits per heavy atom. The molecule has 0 spiro atoms. The SMILES string of the molecule is CC.CS(=O)(=O)NCC(F)c1ccc(OCc2ccccc2)cc1. The van der Waals surface area contributed by atoms with E-state index in [0.717, 1.165) is 11.8 Å². The second-order valence-electron chi connectivity index (χ2n) is 4.93. The Morgan fingerprint density at radius 2 is 1.62 bits per heavy atom. The fourth-order valence-corrected chi connectivity index (χ4v) is 2.31. The minimum atomic E-state index is -3.39. The summed E-state index contributed by atoms with van der Waals surface area (Å²) >= 11 is 0. The number of sulfonamides is 1. The maximum atomic E-state index is 13.9. The molecule has 0 aliphatic carbocycles. The van der Waals surface area contributed by atoms with Gasteiger partial charge in [-0.15, -0.1) is 0 Å². The van der Waals surface area contributed by atoms with Crippen molar-refractivity contribution in [1.82, 2.24) is 4.72 Å². The van der Waals surface area contributed by atoms with Gasteiger partial charge in [-0.3, -0.25) is 0 Å². The Labute approximate surface area is 143 Å². The fourth-order valence-electron chi connectivity index (χ4n) is 1.86. The first-order valence-electron chi connectivity index (χ1n) is 7.79. The lowest BCUT2D eigenvalue weighted by molar-refractivity contribution is 0.305. The standard InChI is InChI=1S/C16H18FNO3S.C2H6/c1-22(19,20)18-11-16(17)14-7-9-15(10-8-14)21-12-13-5-3-2-4-6-13;1-2/h2-10,16,18H,11-12H2,1H3;1-2H3. The molecular weight excluding hydrogens is 329 g/mol. The van der Waals surface area contributed by atoms with Crippen molar-refractivity contribution in [3.63, 3.8) is 0 Å². The van der Waals surface area contributed by atoms with Gasteiger partial charge in [-0.25, -0.2) is 17.5 Å². The molecule has 132 valence electrons. The molecule has 0 bridgehead atoms. The highest BCUT2D eigenvalue weighted by Crippen LogP contribution is 2.21. The van der Waals surface area contributed by atoms with Gasteiger partial charge in [0, 0.05) is 6.54 Å². The molecule has 0 fully saturated rings. The number of halogens is 1. The van der Waals surface area contributed by atoms with Gasteiger partial charge in [0.1, 0.15) is 18.5 Å². The topological polar surface area (TPSA) is 55.4 Å². The second kappa shape index (κ2) is 10.1. The number of hydrogen-bond acceptors (Lipinski definition) is 3. The van der Waals surface area contributed by atoms with E-state index in [0.29, 0.717) is 17.9 Å². The van der Waals surface area contributed by atoms with Crippen molar-refractivity contribution in [3.05, 3.63) is 65.7 Å². The van der Waals surface area contributed by atoms with Crippen LogP contribution >= 0.6 is 0 Å². The number of rotatable bonds is 7. The zero-order chi connectivity index (χ0) is 18.0. The third-order valence-corrected chi connectivity index (χ3v) is 3.71. The van der Waals surface area contributed by atoms with Crippen LogP contribution in [0.1, 0.15) is 31.1 Å². The Morgan fingerprint density at radius 1 is 1.04 bits per heavy atom. The van der Waals surface area contributed by atoms with E-state index in [-0.39, 0.29) is 6.54 Å². The molecule has 6 heteroatoms. The first-order valence-corrected chi connectivity index (χ1v) is 9.68. The van der Waals surface area contributed by atoms with Gasteiger partial charge in [0.15, 0.2) is 0 Å². The summed E-state index contributed by atoms with van der Waals surface area (Å²) in [4.78, 5) is 0. The number of ether oxygens (including phenoxy) is 1. The molecule has 4 nitrogen and oxygen atoms in total. The van der Waals surface area contributed by atoms with Crippen LogP contribution in [-0.4, -0.2) is 21.2 Å². The number of benzene rings is 2. The molecule has 0 saturated heterocycles. The van der Waals surface area contributed by atoms with E-state index in [9.17, 15) is 12.8 Å². The monoisotopic (exact) mass is 353 g/mol. The Hall–Kier alpha value is -1.92. The van der Waals surface area contributed by atoms with E-state index >= 15 is 0 Å². The summed E-state index contributed by atoms with van der Waals surface area (Å²) in [6, 6.07) is 16.3. The zero-order valence-electron chi connectivity index (χ0n) is 14.2. The van der Waals surface area contributed by atoms with Crippen LogP contribution in [0.3, 0.4) is 0 Å². The van der Waals surface area contributed by atoms with E-state index < -0.39 is 16.2 Å². The molecule has 0 aliphatic heterocycles. The summed E-state index contributed by atoms with van der Waals surface area (Å²) in [5.41, 5.74) is 1.45. The van der Waals surface area contributed by atoms with E-state index in [4.69, 9.17) is 4.74 Å². The normalized spacial score (nSPS) is 12.0. The first kappa shape index (κ1) is 20.1. The highest BCUT2D eigenvalue weighted by atomic mass is 32.2. The quantitative estimate of drug-likeness (QED) is 0.822. The highest BCUT2D eigenvalue weighted by molar-refractivity contribution is 7.88. The largest absolute Gasteiger partial charge is 0.489 e. The van der Waals surface area contributed by atoms with Crippen LogP contribution in [0.2, 0.25) is 0 Å². The van der Waals surface area contributed by atoms with E-state index in [1.807, 2.05) is 44.2 Å². The van der Waals surface area contributed by atoms with Gasteiger partial charge in [-0.2, -0.15) is 0 Å². The van der Waals surface area contributed by atoms with Crippen LogP contribution < -0.4 is 9.46 Å². The maximum absolute atomic E-state index is 13.9. The average Bonchev–Trinajstić information content (AvgIpc) is 2.60. The predicted octanol–water partition coefficient (Wildman–Crippen LogP) is 3.85. The molecule has 1 N–H and O–H groups in total. The lowest BCUT2D eigenvalue weighted by Crippen LogP contribution is -2.25. The van der Waals surface area contributed by atoms with Gasteiger partial charge in [0.2, 0.25) is 10.0 Å². The fraction of sp³-hybridized carbons (Fsp3) is 0.333. The molecule has 2 aromatic rings. The molecule has 0 saturated carbocycles. The van der Waals surface area contributed by atoms with Crippen LogP contribution in [0.5, 0.6) is 5.75 Å². The summed E-state index contributed by atoms with van der Waals surface area (Å²) in [7, 11) is -3.39. The summed E-state index contributed by atoms with van der Waals surface area (Å²) in [6.45, 7) is 4.16. The number of hydrogen-bond donors (Lipinski definition) is 1. The number of nitrogens with one attached hydrogen (secondary N) is 1. The van der Waals surface area contributed by atoms with Gasteiger partial charge in [0.05, 0.1) is 6.26 Å². The number of alkyl halides is 1. The van der Waals surface area contributed by atoms with Gasteiger partial charge in [-0.1, -0.05) is 56.3 Å². The first-order chi connectivity index (χ1) is 11.4. The molecule has 2 rings (SSSR count). The molecule has 1 atom stereocenters. The minimum Gasteiger partial charge on any atom is -0.489 e. The zero-order valence-corrected chi connectivity index (χ0v) is 15.0. The lowest BCUT2D eigenvalue weighted by atomic mass is 10.1. The molecule has 0 aromatic heterocycles. The second-order valence-corrected chi connectivity index (χ2v) is 6.76. The van der Waals surface area contributed by atoms with E-state index in [1.165, 1.54) is 0 Å². The van der Waals surface area contributed by atoms with E-state index in [1.54, 1.807) is 24.3 Å². The van der Waals surface area contributed by atoms with Crippen molar-refractivity contribution in [3.8, 4) is 5.75 Å². The summed E-state index contributed by atoms with van der Waals surface area (Å²) in [5, 5.41) is 0. The van der Waals surface area contributed by atoms with Gasteiger partial charge >= 0.3 is 0 Å². The molecular formula is C18H24FNO3S. The van der Waals surface area contributed by atoms with Crippen molar-refractivity contribution in [1.29, 1.82) is 0 Å². The highest BCUT2D eigenvalue weighted by Gasteiger charge is 2.12. The molecule has 1 unspecified atom stereocenters. The third-order valence-electron chi connectivity index (χ3n) is 3.01. The summed E-state index contributed by atoms with van der Waals surface area (Å²) in [6.07, 6.45) is -0.391. The average molecular weight is 353 g/mol. The van der Waals surface area contributed by atoms with Crippen LogP contribution in [0, 0.1) is 0 Å². The van der Waals surface area contributed by atoms with Crippen molar-refractivity contribution >= 4 is 10.0 Å². The van der Waals surface area contributed by atoms with Gasteiger partial charge in [0.25, 0.3) is 0 Å². The van der Waals surface area contributed by atoms with Crippen molar-refractivity contribution in [2.24, 2.45) is 0 Å². The molecule has 0 aliphatic rings. The molecule has 2 aromatic carbocycles. The Kier molecular flexibility index (Phi) is 8.43. The third kappa shape index (κ3) is 7.57. The van der Waals surface area contributed by atoms with Crippen LogP contribution in [0.25, 0.3) is 0 Å². The minimum absolute atomic E-state index is 0.275. The van der Waals surface area contributed by atoms with Crippen LogP contribution in [0.15, 0.2) is 54.6 Å². The van der Waals surface area contributed by atoms with E-state index in [2.05, 4.69) is 4.72 Å². The van der Waals surface area contributed by atoms with Crippen LogP contribution in [-0.2, 0) is 16.6 Å². The molecule has 0 radical (unpaired) electrons. The predicted molar refractivity (Wildman–Crippen MR) is 95.3 cm³/mol. The molecule has 24 heavy (non-hydrogen) atoms. The van der Waals surface area contributed by atoms with Crippen molar-refractivity contribution in [2.75, 3.05) is 12.8 Å².